The number of halogens is 3. The number of aromatic nitrogens is 1. The highest BCUT2D eigenvalue weighted by molar-refractivity contribution is 7.22. The van der Waals surface area contributed by atoms with Crippen molar-refractivity contribution in [3.63, 3.8) is 0 Å². The van der Waals surface area contributed by atoms with Gasteiger partial charge in [0.2, 0.25) is 0 Å². The second-order valence-electron chi connectivity index (χ2n) is 6.36. The number of hydrogen-bond acceptors (Lipinski definition) is 5. The topological polar surface area (TPSA) is 63.6 Å². The number of carbonyl (C=O) groups excluding carboxylic acids is 1. The first-order chi connectivity index (χ1) is 14.4. The van der Waals surface area contributed by atoms with E-state index < -0.39 is 17.6 Å². The van der Waals surface area contributed by atoms with Gasteiger partial charge in [0.25, 0.3) is 5.91 Å². The van der Waals surface area contributed by atoms with Gasteiger partial charge in [-0.25, -0.2) is 4.98 Å². The van der Waals surface area contributed by atoms with Crippen molar-refractivity contribution in [1.29, 1.82) is 0 Å². The van der Waals surface area contributed by atoms with E-state index >= 15 is 0 Å². The first kappa shape index (κ1) is 19.8. The SMILES string of the molecule is O=C(CO/N=C/c1ccc2ccccc2c1)Nc1nc2ccc(C(F)(F)F)cc2s1. The summed E-state index contributed by atoms with van der Waals surface area (Å²) in [6.45, 7) is -0.353. The molecule has 152 valence electrons. The van der Waals surface area contributed by atoms with Gasteiger partial charge in [-0.1, -0.05) is 52.9 Å². The third-order valence-corrected chi connectivity index (χ3v) is 5.14. The van der Waals surface area contributed by atoms with E-state index in [1.165, 1.54) is 12.3 Å². The number of nitrogens with zero attached hydrogens (tertiary/aromatic N) is 2. The van der Waals surface area contributed by atoms with Crippen LogP contribution < -0.4 is 5.32 Å². The molecule has 1 amide bonds. The summed E-state index contributed by atoms with van der Waals surface area (Å²) >= 11 is 0.956. The maximum atomic E-state index is 12.8. The van der Waals surface area contributed by atoms with Crippen molar-refractivity contribution in [1.82, 2.24) is 4.98 Å². The molecule has 0 saturated heterocycles. The van der Waals surface area contributed by atoms with E-state index in [0.29, 0.717) is 10.2 Å². The van der Waals surface area contributed by atoms with Crippen LogP contribution in [0.2, 0.25) is 0 Å². The first-order valence-corrected chi connectivity index (χ1v) is 9.62. The molecule has 1 N–H and O–H groups in total. The van der Waals surface area contributed by atoms with Crippen molar-refractivity contribution in [3.8, 4) is 0 Å². The zero-order valence-electron chi connectivity index (χ0n) is 15.3. The molecule has 0 bridgehead atoms. The van der Waals surface area contributed by atoms with E-state index in [4.69, 9.17) is 4.84 Å². The fourth-order valence-corrected chi connectivity index (χ4v) is 3.71. The maximum Gasteiger partial charge on any atom is 0.416 e. The summed E-state index contributed by atoms with van der Waals surface area (Å²) in [5, 5.41) is 8.64. The van der Waals surface area contributed by atoms with Gasteiger partial charge in [0.15, 0.2) is 11.7 Å². The summed E-state index contributed by atoms with van der Waals surface area (Å²) in [7, 11) is 0. The Kier molecular flexibility index (Phi) is 5.37. The molecule has 30 heavy (non-hydrogen) atoms. The quantitative estimate of drug-likeness (QED) is 0.339. The predicted molar refractivity (Wildman–Crippen MR) is 111 cm³/mol. The Labute approximate surface area is 172 Å². The highest BCUT2D eigenvalue weighted by Crippen LogP contribution is 2.34. The standard InChI is InChI=1S/C21H14F3N3O2S/c22-21(23,24)16-7-8-17-18(10-16)30-20(26-17)27-19(28)12-29-25-11-13-5-6-14-3-1-2-4-15(14)9-13/h1-11H,12H2,(H,26,27,28)/b25-11+. The summed E-state index contributed by atoms with van der Waals surface area (Å²) < 4.78 is 38.7. The van der Waals surface area contributed by atoms with E-state index in [-0.39, 0.29) is 11.7 Å². The molecular weight excluding hydrogens is 415 g/mol. The van der Waals surface area contributed by atoms with Gasteiger partial charge in [0.05, 0.1) is 22.0 Å². The number of anilines is 1. The zero-order chi connectivity index (χ0) is 21.1. The van der Waals surface area contributed by atoms with Gasteiger partial charge in [-0.2, -0.15) is 13.2 Å². The zero-order valence-corrected chi connectivity index (χ0v) is 16.1. The van der Waals surface area contributed by atoms with Crippen molar-refractivity contribution in [2.75, 3.05) is 11.9 Å². The van der Waals surface area contributed by atoms with Crippen LogP contribution in [0.5, 0.6) is 0 Å². The molecule has 0 unspecified atom stereocenters. The molecule has 0 spiro atoms. The van der Waals surface area contributed by atoms with Gasteiger partial charge >= 0.3 is 6.18 Å². The van der Waals surface area contributed by atoms with Crippen molar-refractivity contribution in [2.45, 2.75) is 6.18 Å². The molecule has 5 nitrogen and oxygen atoms in total. The summed E-state index contributed by atoms with van der Waals surface area (Å²) in [5.41, 5.74) is 0.433. The van der Waals surface area contributed by atoms with Gasteiger partial charge < -0.3 is 4.84 Å². The van der Waals surface area contributed by atoms with Crippen LogP contribution in [0.15, 0.2) is 65.8 Å². The fraction of sp³-hybridized carbons (Fsp3) is 0.0952. The van der Waals surface area contributed by atoms with Gasteiger partial charge in [-0.05, 0) is 40.6 Å². The Morgan fingerprint density at radius 2 is 1.90 bits per heavy atom. The number of nitrogens with one attached hydrogen (secondary N) is 1. The molecule has 0 fully saturated rings. The molecule has 0 aliphatic rings. The van der Waals surface area contributed by atoms with Gasteiger partial charge in [-0.3, -0.25) is 10.1 Å². The monoisotopic (exact) mass is 429 g/mol. The molecule has 0 atom stereocenters. The average molecular weight is 429 g/mol. The number of benzene rings is 3. The molecule has 9 heteroatoms. The van der Waals surface area contributed by atoms with Gasteiger partial charge in [-0.15, -0.1) is 0 Å². The number of oxime groups is 1. The molecule has 1 aromatic heterocycles. The lowest BCUT2D eigenvalue weighted by Crippen LogP contribution is -2.16. The number of alkyl halides is 3. The number of hydrogen-bond donors (Lipinski definition) is 1. The van der Waals surface area contributed by atoms with Crippen molar-refractivity contribution < 1.29 is 22.8 Å². The summed E-state index contributed by atoms with van der Waals surface area (Å²) in [6.07, 6.45) is -2.94. The number of rotatable bonds is 5. The molecule has 4 rings (SSSR count). The number of amides is 1. The van der Waals surface area contributed by atoms with Crippen LogP contribution in [0.25, 0.3) is 21.0 Å². The van der Waals surface area contributed by atoms with Gasteiger partial charge in [0.1, 0.15) is 0 Å². The minimum atomic E-state index is -4.43. The first-order valence-electron chi connectivity index (χ1n) is 8.80. The average Bonchev–Trinajstić information content (AvgIpc) is 3.11. The lowest BCUT2D eigenvalue weighted by Gasteiger charge is -2.04. The molecule has 0 aliphatic heterocycles. The van der Waals surface area contributed by atoms with Crippen molar-refractivity contribution in [3.05, 3.63) is 71.8 Å². The molecule has 4 aromatic rings. The highest BCUT2D eigenvalue weighted by atomic mass is 32.1. The number of thiazole rings is 1. The van der Waals surface area contributed by atoms with E-state index in [9.17, 15) is 18.0 Å². The Balaban J connectivity index is 1.34. The predicted octanol–water partition coefficient (Wildman–Crippen LogP) is 5.46. The third kappa shape index (κ3) is 4.57. The lowest BCUT2D eigenvalue weighted by atomic mass is 10.1. The van der Waals surface area contributed by atoms with E-state index in [0.717, 1.165) is 39.8 Å². The summed E-state index contributed by atoms with van der Waals surface area (Å²) in [5.74, 6) is -0.513. The molecular formula is C21H14F3N3O2S. The summed E-state index contributed by atoms with van der Waals surface area (Å²) in [4.78, 5) is 21.1. The van der Waals surface area contributed by atoms with Crippen LogP contribution >= 0.6 is 11.3 Å². The largest absolute Gasteiger partial charge is 0.416 e. The molecule has 0 radical (unpaired) electrons. The van der Waals surface area contributed by atoms with E-state index in [1.807, 2.05) is 42.5 Å². The minimum Gasteiger partial charge on any atom is -0.386 e. The van der Waals surface area contributed by atoms with Crippen molar-refractivity contribution in [2.24, 2.45) is 5.16 Å². The van der Waals surface area contributed by atoms with Crippen LogP contribution in [0.4, 0.5) is 18.3 Å². The Morgan fingerprint density at radius 1 is 1.10 bits per heavy atom. The van der Waals surface area contributed by atoms with E-state index in [2.05, 4.69) is 15.5 Å². The lowest BCUT2D eigenvalue weighted by molar-refractivity contribution is -0.137. The van der Waals surface area contributed by atoms with Gasteiger partial charge in [0, 0.05) is 0 Å². The second-order valence-corrected chi connectivity index (χ2v) is 7.39. The van der Waals surface area contributed by atoms with Crippen molar-refractivity contribution >= 4 is 49.6 Å². The Hall–Kier alpha value is -3.46. The van der Waals surface area contributed by atoms with E-state index in [1.54, 1.807) is 0 Å². The van der Waals surface area contributed by atoms with Crippen LogP contribution in [-0.2, 0) is 15.8 Å². The molecule has 3 aromatic carbocycles. The number of fused-ring (bicyclic) bond motifs is 2. The minimum absolute atomic E-state index is 0.191. The second kappa shape index (κ2) is 8.11. The van der Waals surface area contributed by atoms with Crippen LogP contribution in [0, 0.1) is 0 Å². The fourth-order valence-electron chi connectivity index (χ4n) is 2.79. The molecule has 1 heterocycles. The normalized spacial score (nSPS) is 12.0. The highest BCUT2D eigenvalue weighted by Gasteiger charge is 2.30. The Bertz CT molecular complexity index is 1250. The Morgan fingerprint density at radius 3 is 2.70 bits per heavy atom. The third-order valence-electron chi connectivity index (χ3n) is 4.21. The van der Waals surface area contributed by atoms with Crippen LogP contribution in [0.1, 0.15) is 11.1 Å². The van der Waals surface area contributed by atoms with Crippen LogP contribution in [-0.4, -0.2) is 23.7 Å². The van der Waals surface area contributed by atoms with Crippen LogP contribution in [0.3, 0.4) is 0 Å². The maximum absolute atomic E-state index is 12.8. The number of carbonyl (C=O) groups is 1. The molecule has 0 saturated carbocycles. The smallest absolute Gasteiger partial charge is 0.386 e. The molecule has 0 aliphatic carbocycles. The summed E-state index contributed by atoms with van der Waals surface area (Å²) in [6, 6.07) is 16.9.